The molecule has 2 bridgehead atoms. The molecular weight excluding hydrogens is 420 g/mol. The van der Waals surface area contributed by atoms with E-state index >= 15 is 0 Å². The Hall–Kier alpha value is -2.81. The molecule has 2 aromatic rings. The monoisotopic (exact) mass is 445 g/mol. The van der Waals surface area contributed by atoms with E-state index in [2.05, 4.69) is 15.4 Å². The van der Waals surface area contributed by atoms with E-state index in [0.717, 1.165) is 31.0 Å². The van der Waals surface area contributed by atoms with E-state index in [1.54, 1.807) is 0 Å². The molecule has 2 N–H and O–H groups in total. The van der Waals surface area contributed by atoms with Gasteiger partial charge in [0.15, 0.2) is 11.5 Å². The van der Waals surface area contributed by atoms with Crippen molar-refractivity contribution in [3.05, 3.63) is 41.6 Å². The molecular formula is C23H25F2N3O4. The van der Waals surface area contributed by atoms with Crippen LogP contribution in [0.15, 0.2) is 28.8 Å². The lowest BCUT2D eigenvalue weighted by atomic mass is 9.87. The highest BCUT2D eigenvalue weighted by atomic mass is 19.1. The summed E-state index contributed by atoms with van der Waals surface area (Å²) in [6, 6.07) is 4.21. The lowest BCUT2D eigenvalue weighted by Gasteiger charge is -2.42. The Morgan fingerprint density at radius 2 is 2.00 bits per heavy atom. The quantitative estimate of drug-likeness (QED) is 0.733. The molecule has 32 heavy (non-hydrogen) atoms. The zero-order valence-corrected chi connectivity index (χ0v) is 17.5. The minimum absolute atomic E-state index is 0.00598. The summed E-state index contributed by atoms with van der Waals surface area (Å²) in [5, 5.41) is 16.3. The average molecular weight is 445 g/mol. The lowest BCUT2D eigenvalue weighted by molar-refractivity contribution is -0.145. The smallest absolute Gasteiger partial charge is 0.309 e. The fourth-order valence-corrected chi connectivity index (χ4v) is 5.80. The van der Waals surface area contributed by atoms with Gasteiger partial charge in [0, 0.05) is 37.3 Å². The topological polar surface area (TPSA) is 95.7 Å². The molecule has 7 nitrogen and oxygen atoms in total. The Balaban J connectivity index is 1.26. The van der Waals surface area contributed by atoms with Crippen LogP contribution in [0.25, 0.3) is 11.3 Å². The molecule has 1 aliphatic heterocycles. The summed E-state index contributed by atoms with van der Waals surface area (Å²) in [4.78, 5) is 27.0. The molecule has 5 rings (SSSR count). The molecule has 1 aromatic heterocycles. The van der Waals surface area contributed by atoms with Gasteiger partial charge >= 0.3 is 5.97 Å². The van der Waals surface area contributed by atoms with Crippen molar-refractivity contribution in [1.82, 2.24) is 15.4 Å². The maximum absolute atomic E-state index is 14.0. The van der Waals surface area contributed by atoms with Gasteiger partial charge in [0.2, 0.25) is 0 Å². The van der Waals surface area contributed by atoms with Crippen molar-refractivity contribution in [2.45, 2.75) is 44.2 Å². The van der Waals surface area contributed by atoms with Gasteiger partial charge in [0.25, 0.3) is 5.91 Å². The maximum atomic E-state index is 14.0. The molecule has 2 heterocycles. The lowest BCUT2D eigenvalue weighted by Crippen LogP contribution is -2.56. The first-order valence-corrected chi connectivity index (χ1v) is 11.1. The summed E-state index contributed by atoms with van der Waals surface area (Å²) < 4.78 is 32.2. The molecule has 2 saturated carbocycles. The number of carbonyl (C=O) groups excluding carboxylic acids is 1. The van der Waals surface area contributed by atoms with Crippen LogP contribution in [0.3, 0.4) is 0 Å². The zero-order valence-electron chi connectivity index (χ0n) is 17.5. The third-order valence-electron chi connectivity index (χ3n) is 7.39. The number of hydrogen-bond donors (Lipinski definition) is 2. The number of fused-ring (bicyclic) bond motifs is 2. The van der Waals surface area contributed by atoms with Gasteiger partial charge < -0.3 is 14.9 Å². The largest absolute Gasteiger partial charge is 0.481 e. The Kier molecular flexibility index (Phi) is 5.44. The molecule has 1 amide bonds. The Labute approximate surface area is 183 Å². The van der Waals surface area contributed by atoms with Crippen LogP contribution in [0.2, 0.25) is 0 Å². The van der Waals surface area contributed by atoms with Crippen LogP contribution < -0.4 is 5.32 Å². The molecule has 0 unspecified atom stereocenters. The van der Waals surface area contributed by atoms with E-state index in [4.69, 9.17) is 4.52 Å². The summed E-state index contributed by atoms with van der Waals surface area (Å²) in [5.74, 6) is -2.34. The number of halogens is 2. The number of carboxylic acid groups (broad SMARTS) is 1. The third kappa shape index (κ3) is 3.90. The number of likely N-dealkylation sites (tertiary alicyclic amines) is 1. The molecule has 0 spiro atoms. The van der Waals surface area contributed by atoms with Gasteiger partial charge in [-0.15, -0.1) is 0 Å². The molecule has 5 atom stereocenters. The van der Waals surface area contributed by atoms with Gasteiger partial charge in [-0.3, -0.25) is 14.5 Å². The highest BCUT2D eigenvalue weighted by molar-refractivity contribution is 5.93. The number of rotatable bonds is 5. The fourth-order valence-electron chi connectivity index (χ4n) is 5.80. The second kappa shape index (κ2) is 8.27. The van der Waals surface area contributed by atoms with Crippen molar-refractivity contribution in [3.8, 4) is 11.3 Å². The van der Waals surface area contributed by atoms with Crippen LogP contribution in [-0.4, -0.2) is 52.2 Å². The molecule has 1 saturated heterocycles. The van der Waals surface area contributed by atoms with Gasteiger partial charge in [-0.1, -0.05) is 11.6 Å². The Morgan fingerprint density at radius 1 is 1.16 bits per heavy atom. The van der Waals surface area contributed by atoms with Crippen molar-refractivity contribution < 1.29 is 28.0 Å². The third-order valence-corrected chi connectivity index (χ3v) is 7.39. The number of carboxylic acids is 1. The van der Waals surface area contributed by atoms with Crippen molar-refractivity contribution in [1.29, 1.82) is 0 Å². The summed E-state index contributed by atoms with van der Waals surface area (Å²) in [6.07, 6.45) is 5.45. The summed E-state index contributed by atoms with van der Waals surface area (Å²) in [6.45, 7) is 1.16. The molecule has 2 aliphatic carbocycles. The Morgan fingerprint density at radius 3 is 2.69 bits per heavy atom. The molecule has 1 aromatic carbocycles. The number of aliphatic carboxylic acids is 1. The van der Waals surface area contributed by atoms with Crippen molar-refractivity contribution in [3.63, 3.8) is 0 Å². The van der Waals surface area contributed by atoms with Crippen molar-refractivity contribution in [2.24, 2.45) is 17.8 Å². The van der Waals surface area contributed by atoms with Crippen LogP contribution in [0.5, 0.6) is 0 Å². The van der Waals surface area contributed by atoms with E-state index in [9.17, 15) is 23.5 Å². The maximum Gasteiger partial charge on any atom is 0.309 e. The normalized spacial score (nSPS) is 29.9. The summed E-state index contributed by atoms with van der Waals surface area (Å²) in [5.41, 5.74) is -0.0936. The fraction of sp³-hybridized carbons (Fsp3) is 0.522. The van der Waals surface area contributed by atoms with Crippen molar-refractivity contribution in [2.75, 3.05) is 13.1 Å². The van der Waals surface area contributed by atoms with E-state index in [-0.39, 0.29) is 17.0 Å². The van der Waals surface area contributed by atoms with Gasteiger partial charge in [-0.2, -0.15) is 0 Å². The van der Waals surface area contributed by atoms with Crippen LogP contribution >= 0.6 is 0 Å². The van der Waals surface area contributed by atoms with Crippen LogP contribution in [-0.2, 0) is 4.79 Å². The van der Waals surface area contributed by atoms with Crippen LogP contribution in [0.1, 0.15) is 42.6 Å². The highest BCUT2D eigenvalue weighted by Crippen LogP contribution is 2.47. The predicted octanol–water partition coefficient (Wildman–Crippen LogP) is 3.31. The first kappa shape index (κ1) is 21.1. The molecule has 170 valence electrons. The minimum Gasteiger partial charge on any atom is -0.481 e. The van der Waals surface area contributed by atoms with E-state index < -0.39 is 35.5 Å². The zero-order chi connectivity index (χ0) is 22.4. The average Bonchev–Trinajstić information content (AvgIpc) is 3.51. The number of benzene rings is 1. The van der Waals surface area contributed by atoms with E-state index in [0.29, 0.717) is 24.9 Å². The van der Waals surface area contributed by atoms with E-state index in [1.165, 1.54) is 31.4 Å². The molecule has 3 fully saturated rings. The second-order valence-corrected chi connectivity index (χ2v) is 9.25. The second-order valence-electron chi connectivity index (χ2n) is 9.25. The number of carbonyl (C=O) groups is 2. The first-order chi connectivity index (χ1) is 15.4. The number of piperidine rings is 1. The minimum atomic E-state index is -0.933. The first-order valence-electron chi connectivity index (χ1n) is 11.1. The van der Waals surface area contributed by atoms with E-state index in [1.807, 2.05) is 0 Å². The molecule has 0 radical (unpaired) electrons. The molecule has 9 heteroatoms. The molecule has 3 aliphatic rings. The number of aromatic nitrogens is 1. The van der Waals surface area contributed by atoms with Gasteiger partial charge in [0.1, 0.15) is 11.6 Å². The summed E-state index contributed by atoms with van der Waals surface area (Å²) in [7, 11) is 0. The van der Waals surface area contributed by atoms with Crippen LogP contribution in [0, 0.1) is 29.4 Å². The summed E-state index contributed by atoms with van der Waals surface area (Å²) >= 11 is 0. The number of nitrogens with one attached hydrogen (secondary N) is 1. The van der Waals surface area contributed by atoms with Crippen LogP contribution in [0.4, 0.5) is 8.78 Å². The SMILES string of the molecule is O=C(N[C@@H]1CCN([C@@H]2C[C@@H]3CC[C@@H]2C3)C[C@H]1C(=O)O)c1cc(-c2ccc(F)cc2F)on1. The highest BCUT2D eigenvalue weighted by Gasteiger charge is 2.45. The number of amides is 1. The van der Waals surface area contributed by atoms with Gasteiger partial charge in [0.05, 0.1) is 11.5 Å². The number of nitrogens with zero attached hydrogens (tertiary/aromatic N) is 2. The van der Waals surface area contributed by atoms with Gasteiger partial charge in [-0.05, 0) is 49.7 Å². The Bertz CT molecular complexity index is 1040. The van der Waals surface area contributed by atoms with Gasteiger partial charge in [-0.25, -0.2) is 8.78 Å². The predicted molar refractivity (Wildman–Crippen MR) is 110 cm³/mol. The van der Waals surface area contributed by atoms with Crippen molar-refractivity contribution >= 4 is 11.9 Å². The standard InChI is InChI=1S/C23H25F2N3O4/c24-14-3-4-15(17(25)9-14)21-10-19(27-32-21)22(29)26-18-5-6-28(11-16(18)23(30)31)20-8-12-1-2-13(20)7-12/h3-4,9-10,12-13,16,18,20H,1-2,5-8,11H2,(H,26,29)(H,30,31)/t12-,13-,16-,18-,20-/m1/s1. The number of hydrogen-bond acceptors (Lipinski definition) is 5.